The van der Waals surface area contributed by atoms with E-state index in [-0.39, 0.29) is 11.6 Å². The van der Waals surface area contributed by atoms with Crippen LogP contribution in [0.4, 0.5) is 0 Å². The summed E-state index contributed by atoms with van der Waals surface area (Å²) in [4.78, 5) is 21.1. The Morgan fingerprint density at radius 3 is 2.55 bits per heavy atom. The quantitative estimate of drug-likeness (QED) is 0.500. The van der Waals surface area contributed by atoms with Crippen molar-refractivity contribution in [1.29, 1.82) is 0 Å². The molecule has 3 rings (SSSR count). The lowest BCUT2D eigenvalue weighted by Gasteiger charge is -2.22. The first-order valence-corrected chi connectivity index (χ1v) is 11.7. The van der Waals surface area contributed by atoms with Gasteiger partial charge in [0, 0.05) is 13.1 Å². The molecule has 1 unspecified atom stereocenters. The topological polar surface area (TPSA) is 50.2 Å². The fourth-order valence-corrected chi connectivity index (χ4v) is 4.51. The normalized spacial score (nSPS) is 12.1. The lowest BCUT2D eigenvalue weighted by atomic mass is 10.1. The van der Waals surface area contributed by atoms with E-state index in [1.807, 2.05) is 54.8 Å². The standard InChI is InChI=1S/C20H25BrN4OS.C2H6/c1-4-16(22-10-11-24(2)3)18-23-19-15(12-17(21)27-19)20(26)25(18)13-14-8-6-5-7-9-14;1-2/h5-9,12,16,22H,4,10-11,13H2,1-3H3;1-2H3. The number of rotatable bonds is 8. The minimum Gasteiger partial charge on any atom is -0.308 e. The van der Waals surface area contributed by atoms with Gasteiger partial charge in [0.05, 0.1) is 21.8 Å². The second-order valence-electron chi connectivity index (χ2n) is 6.83. The van der Waals surface area contributed by atoms with E-state index in [2.05, 4.69) is 47.2 Å². The van der Waals surface area contributed by atoms with Gasteiger partial charge in [-0.15, -0.1) is 11.3 Å². The molecule has 2 aromatic heterocycles. The van der Waals surface area contributed by atoms with Gasteiger partial charge in [-0.1, -0.05) is 51.1 Å². The van der Waals surface area contributed by atoms with Gasteiger partial charge in [0.25, 0.3) is 5.56 Å². The fourth-order valence-electron chi connectivity index (χ4n) is 3.07. The highest BCUT2D eigenvalue weighted by atomic mass is 79.9. The summed E-state index contributed by atoms with van der Waals surface area (Å²) in [6.07, 6.45) is 0.868. The maximum Gasteiger partial charge on any atom is 0.262 e. The van der Waals surface area contributed by atoms with Gasteiger partial charge in [0.1, 0.15) is 10.7 Å². The van der Waals surface area contributed by atoms with Crippen molar-refractivity contribution in [2.24, 2.45) is 0 Å². The van der Waals surface area contributed by atoms with Crippen molar-refractivity contribution in [2.75, 3.05) is 27.2 Å². The fraction of sp³-hybridized carbons (Fsp3) is 0.455. The van der Waals surface area contributed by atoms with Crippen LogP contribution in [0.2, 0.25) is 0 Å². The molecule has 3 aromatic rings. The molecule has 0 amide bonds. The van der Waals surface area contributed by atoms with Gasteiger partial charge in [-0.2, -0.15) is 0 Å². The number of hydrogen-bond acceptors (Lipinski definition) is 5. The second-order valence-corrected chi connectivity index (χ2v) is 9.24. The van der Waals surface area contributed by atoms with E-state index < -0.39 is 0 Å². The highest BCUT2D eigenvalue weighted by Crippen LogP contribution is 2.28. The molecular weight excluding hydrogens is 448 g/mol. The first-order chi connectivity index (χ1) is 14.0. The average molecular weight is 479 g/mol. The predicted molar refractivity (Wildman–Crippen MR) is 128 cm³/mol. The van der Waals surface area contributed by atoms with Crippen molar-refractivity contribution in [3.63, 3.8) is 0 Å². The maximum atomic E-state index is 13.2. The molecule has 0 radical (unpaired) electrons. The van der Waals surface area contributed by atoms with Crippen LogP contribution in [0.25, 0.3) is 10.2 Å². The van der Waals surface area contributed by atoms with Crippen LogP contribution in [0.5, 0.6) is 0 Å². The lowest BCUT2D eigenvalue weighted by Crippen LogP contribution is -2.35. The molecule has 1 aromatic carbocycles. The Kier molecular flexibility index (Phi) is 9.49. The number of likely N-dealkylation sites (N-methyl/N-ethyl adjacent to an activating group) is 1. The molecule has 1 N–H and O–H groups in total. The van der Waals surface area contributed by atoms with Crippen LogP contribution in [0, 0.1) is 0 Å². The molecule has 0 saturated carbocycles. The lowest BCUT2D eigenvalue weighted by molar-refractivity contribution is 0.373. The van der Waals surface area contributed by atoms with E-state index in [1.165, 1.54) is 11.3 Å². The maximum absolute atomic E-state index is 13.2. The molecule has 0 aliphatic rings. The van der Waals surface area contributed by atoms with Crippen molar-refractivity contribution in [1.82, 2.24) is 19.8 Å². The van der Waals surface area contributed by atoms with Crippen LogP contribution < -0.4 is 10.9 Å². The molecule has 0 spiro atoms. The Labute approximate surface area is 185 Å². The number of thiophene rings is 1. The third-order valence-electron chi connectivity index (χ3n) is 4.50. The average Bonchev–Trinajstić information content (AvgIpc) is 3.10. The van der Waals surface area contributed by atoms with Crippen molar-refractivity contribution in [3.05, 3.63) is 61.9 Å². The zero-order valence-corrected chi connectivity index (χ0v) is 20.3. The van der Waals surface area contributed by atoms with Gasteiger partial charge in [-0.3, -0.25) is 9.36 Å². The van der Waals surface area contributed by atoms with Gasteiger partial charge in [0.15, 0.2) is 0 Å². The zero-order valence-electron chi connectivity index (χ0n) is 17.9. The summed E-state index contributed by atoms with van der Waals surface area (Å²) < 4.78 is 2.76. The number of halogens is 1. The van der Waals surface area contributed by atoms with Gasteiger partial charge < -0.3 is 10.2 Å². The molecule has 0 fully saturated rings. The molecule has 5 nitrogen and oxygen atoms in total. The molecule has 0 aliphatic carbocycles. The van der Waals surface area contributed by atoms with Crippen molar-refractivity contribution in [2.45, 2.75) is 39.8 Å². The van der Waals surface area contributed by atoms with E-state index in [0.29, 0.717) is 11.9 Å². The summed E-state index contributed by atoms with van der Waals surface area (Å²) in [5.74, 6) is 0.812. The van der Waals surface area contributed by atoms with E-state index in [9.17, 15) is 4.79 Å². The molecule has 0 saturated heterocycles. The third-order valence-corrected chi connectivity index (χ3v) is 6.04. The highest BCUT2D eigenvalue weighted by Gasteiger charge is 2.20. The first-order valence-electron chi connectivity index (χ1n) is 10.1. The molecule has 0 bridgehead atoms. The second kappa shape index (κ2) is 11.6. The van der Waals surface area contributed by atoms with Crippen molar-refractivity contribution in [3.8, 4) is 0 Å². The number of fused-ring (bicyclic) bond motifs is 1. The predicted octanol–water partition coefficient (Wildman–Crippen LogP) is 4.90. The zero-order chi connectivity index (χ0) is 21.4. The number of aromatic nitrogens is 2. The van der Waals surface area contributed by atoms with E-state index in [0.717, 1.165) is 39.5 Å². The third kappa shape index (κ3) is 6.22. The van der Waals surface area contributed by atoms with Crippen LogP contribution in [0.1, 0.15) is 44.6 Å². The van der Waals surface area contributed by atoms with Crippen LogP contribution in [-0.4, -0.2) is 41.6 Å². The van der Waals surface area contributed by atoms with E-state index in [4.69, 9.17) is 4.98 Å². The van der Waals surface area contributed by atoms with Gasteiger partial charge >= 0.3 is 0 Å². The van der Waals surface area contributed by atoms with E-state index >= 15 is 0 Å². The Morgan fingerprint density at radius 1 is 1.24 bits per heavy atom. The molecular formula is C22H31BrN4OS. The van der Waals surface area contributed by atoms with Crippen LogP contribution >= 0.6 is 27.3 Å². The summed E-state index contributed by atoms with van der Waals surface area (Å²) in [5.41, 5.74) is 1.12. The summed E-state index contributed by atoms with van der Waals surface area (Å²) in [6, 6.07) is 12.0. The Hall–Kier alpha value is -1.54. The molecule has 29 heavy (non-hydrogen) atoms. The number of benzene rings is 1. The largest absolute Gasteiger partial charge is 0.308 e. The summed E-state index contributed by atoms with van der Waals surface area (Å²) >= 11 is 5.00. The number of hydrogen-bond donors (Lipinski definition) is 1. The minimum atomic E-state index is 0.0219. The molecule has 0 aliphatic heterocycles. The Morgan fingerprint density at radius 2 is 1.93 bits per heavy atom. The first kappa shape index (κ1) is 23.7. The Bertz CT molecular complexity index is 953. The molecule has 7 heteroatoms. The highest BCUT2D eigenvalue weighted by molar-refractivity contribution is 9.11. The van der Waals surface area contributed by atoms with Crippen LogP contribution in [0.3, 0.4) is 0 Å². The monoisotopic (exact) mass is 478 g/mol. The smallest absolute Gasteiger partial charge is 0.262 e. The Balaban J connectivity index is 0.00000145. The van der Waals surface area contributed by atoms with Gasteiger partial charge in [0.2, 0.25) is 0 Å². The SMILES string of the molecule is CC.CCC(NCCN(C)C)c1nc2sc(Br)cc2c(=O)n1Cc1ccccc1. The summed E-state index contributed by atoms with van der Waals surface area (Å²) in [5, 5.41) is 4.25. The van der Waals surface area contributed by atoms with Crippen molar-refractivity contribution >= 4 is 37.5 Å². The summed E-state index contributed by atoms with van der Waals surface area (Å²) in [7, 11) is 4.11. The van der Waals surface area contributed by atoms with Crippen LogP contribution in [0.15, 0.2) is 45.0 Å². The van der Waals surface area contributed by atoms with Crippen molar-refractivity contribution < 1.29 is 0 Å². The van der Waals surface area contributed by atoms with E-state index in [1.54, 1.807) is 0 Å². The molecule has 158 valence electrons. The van der Waals surface area contributed by atoms with Crippen LogP contribution in [-0.2, 0) is 6.54 Å². The van der Waals surface area contributed by atoms with Gasteiger partial charge in [-0.25, -0.2) is 4.98 Å². The molecule has 1 atom stereocenters. The number of nitrogens with zero attached hydrogens (tertiary/aromatic N) is 3. The van der Waals surface area contributed by atoms with Gasteiger partial charge in [-0.05, 0) is 48.1 Å². The number of nitrogens with one attached hydrogen (secondary N) is 1. The minimum absolute atomic E-state index is 0.0219. The summed E-state index contributed by atoms with van der Waals surface area (Å²) in [6.45, 7) is 8.43. The molecule has 2 heterocycles.